The van der Waals surface area contributed by atoms with Gasteiger partial charge in [0, 0.05) is 69.2 Å². The van der Waals surface area contributed by atoms with E-state index in [1.165, 1.54) is 0 Å². The van der Waals surface area contributed by atoms with Crippen LogP contribution in [0, 0.1) is 13.8 Å². The third-order valence-electron chi connectivity index (χ3n) is 6.90. The van der Waals surface area contributed by atoms with Crippen molar-refractivity contribution in [3.63, 3.8) is 0 Å². The van der Waals surface area contributed by atoms with Crippen LogP contribution in [0.4, 0.5) is 17.1 Å². The summed E-state index contributed by atoms with van der Waals surface area (Å²) in [5, 5.41) is 5.97. The fraction of sp³-hybridized carbons (Fsp3) is 0.444. The number of piperazine rings is 1. The number of aryl methyl sites for hydroxylation is 1. The minimum Gasteiger partial charge on any atom is -0.326 e. The Hall–Kier alpha value is -3.23. The zero-order valence-electron chi connectivity index (χ0n) is 20.7. The Balaban J connectivity index is 1.15. The van der Waals surface area contributed by atoms with Gasteiger partial charge in [-0.25, -0.2) is 0 Å². The summed E-state index contributed by atoms with van der Waals surface area (Å²) < 4.78 is 0. The van der Waals surface area contributed by atoms with E-state index in [2.05, 4.69) is 20.4 Å². The number of nitrogens with one attached hydrogen (secondary N) is 2. The van der Waals surface area contributed by atoms with Crippen LogP contribution in [0.25, 0.3) is 0 Å². The third-order valence-corrected chi connectivity index (χ3v) is 6.90. The van der Waals surface area contributed by atoms with E-state index in [0.717, 1.165) is 67.3 Å². The predicted octanol–water partition coefficient (Wildman–Crippen LogP) is 3.02. The van der Waals surface area contributed by atoms with Gasteiger partial charge in [0.25, 0.3) is 0 Å². The van der Waals surface area contributed by atoms with Gasteiger partial charge in [0.2, 0.25) is 17.7 Å². The van der Waals surface area contributed by atoms with Crippen molar-refractivity contribution in [3.8, 4) is 0 Å². The predicted molar refractivity (Wildman–Crippen MR) is 139 cm³/mol. The highest BCUT2D eigenvalue weighted by atomic mass is 16.2. The van der Waals surface area contributed by atoms with Crippen molar-refractivity contribution in [3.05, 3.63) is 53.6 Å². The highest BCUT2D eigenvalue weighted by molar-refractivity contribution is 5.96. The van der Waals surface area contributed by atoms with Crippen LogP contribution in [-0.4, -0.2) is 73.3 Å². The molecule has 186 valence electrons. The summed E-state index contributed by atoms with van der Waals surface area (Å²) >= 11 is 0. The molecule has 2 aromatic carbocycles. The van der Waals surface area contributed by atoms with Crippen molar-refractivity contribution in [2.75, 3.05) is 61.3 Å². The zero-order chi connectivity index (χ0) is 24.8. The Bertz CT molecular complexity index is 1060. The minimum atomic E-state index is -0.0228. The van der Waals surface area contributed by atoms with E-state index in [0.29, 0.717) is 25.9 Å². The molecule has 0 bridgehead atoms. The maximum Gasteiger partial charge on any atom is 0.238 e. The molecular formula is C27H35N5O3. The minimum absolute atomic E-state index is 0.00615. The Morgan fingerprint density at radius 1 is 0.857 bits per heavy atom. The molecule has 0 aliphatic carbocycles. The Labute approximate surface area is 207 Å². The molecule has 0 radical (unpaired) electrons. The average molecular weight is 478 g/mol. The highest BCUT2D eigenvalue weighted by Crippen LogP contribution is 2.23. The van der Waals surface area contributed by atoms with Crippen molar-refractivity contribution in [1.82, 2.24) is 9.80 Å². The molecule has 0 unspecified atom stereocenters. The quantitative estimate of drug-likeness (QED) is 0.611. The molecule has 35 heavy (non-hydrogen) atoms. The van der Waals surface area contributed by atoms with Crippen molar-refractivity contribution in [2.24, 2.45) is 0 Å². The first-order valence-corrected chi connectivity index (χ1v) is 12.4. The summed E-state index contributed by atoms with van der Waals surface area (Å²) in [7, 11) is 0. The van der Waals surface area contributed by atoms with E-state index in [4.69, 9.17) is 0 Å². The number of carbonyl (C=O) groups is 3. The van der Waals surface area contributed by atoms with E-state index in [9.17, 15) is 14.4 Å². The lowest BCUT2D eigenvalue weighted by Crippen LogP contribution is -2.49. The van der Waals surface area contributed by atoms with E-state index < -0.39 is 0 Å². The number of hydrogen-bond donors (Lipinski definition) is 2. The molecule has 0 aromatic heterocycles. The number of rotatable bonds is 8. The van der Waals surface area contributed by atoms with Crippen LogP contribution in [0.5, 0.6) is 0 Å². The maximum atomic E-state index is 12.5. The zero-order valence-corrected chi connectivity index (χ0v) is 20.7. The van der Waals surface area contributed by atoms with Gasteiger partial charge in [-0.05, 0) is 61.7 Å². The van der Waals surface area contributed by atoms with Gasteiger partial charge < -0.3 is 20.4 Å². The Kier molecular flexibility index (Phi) is 8.15. The second-order valence-corrected chi connectivity index (χ2v) is 9.41. The molecule has 0 spiro atoms. The molecule has 8 nitrogen and oxygen atoms in total. The fourth-order valence-electron chi connectivity index (χ4n) is 4.58. The van der Waals surface area contributed by atoms with Crippen LogP contribution >= 0.6 is 0 Å². The van der Waals surface area contributed by atoms with Gasteiger partial charge in [0.15, 0.2) is 0 Å². The summed E-state index contributed by atoms with van der Waals surface area (Å²) in [6.07, 6.45) is 1.92. The van der Waals surface area contributed by atoms with Crippen LogP contribution in [0.1, 0.15) is 30.4 Å². The summed E-state index contributed by atoms with van der Waals surface area (Å²) in [6, 6.07) is 13.4. The number of nitrogens with zero attached hydrogens (tertiary/aromatic N) is 3. The number of hydrogen-bond acceptors (Lipinski definition) is 5. The van der Waals surface area contributed by atoms with Gasteiger partial charge >= 0.3 is 0 Å². The van der Waals surface area contributed by atoms with Crippen molar-refractivity contribution >= 4 is 34.8 Å². The molecule has 3 amide bonds. The standard InChI is InChI=1S/C27H35N5O3/c1-20-5-3-6-24(21(20)2)29-26(34)19-31-17-15-30(16-18-31)14-12-25(33)28-22-8-10-23(11-9-22)32-13-4-7-27(32)35/h3,5-6,8-11H,4,7,12-19H2,1-2H3,(H,28,33)(H,29,34). The average Bonchev–Trinajstić information content (AvgIpc) is 3.28. The number of anilines is 3. The normalized spacial score (nSPS) is 17.0. The molecule has 2 heterocycles. The molecule has 2 aliphatic rings. The van der Waals surface area contributed by atoms with Gasteiger partial charge in [0.05, 0.1) is 6.54 Å². The van der Waals surface area contributed by atoms with Crippen LogP contribution in [0.2, 0.25) is 0 Å². The van der Waals surface area contributed by atoms with E-state index in [-0.39, 0.29) is 17.7 Å². The molecule has 2 fully saturated rings. The van der Waals surface area contributed by atoms with E-state index >= 15 is 0 Å². The lowest BCUT2D eigenvalue weighted by Gasteiger charge is -2.34. The largest absolute Gasteiger partial charge is 0.326 e. The first kappa shape index (κ1) is 24.9. The number of amides is 3. The van der Waals surface area contributed by atoms with Gasteiger partial charge in [-0.15, -0.1) is 0 Å². The fourth-order valence-corrected chi connectivity index (χ4v) is 4.58. The molecule has 2 aromatic rings. The number of carbonyl (C=O) groups excluding carboxylic acids is 3. The first-order valence-electron chi connectivity index (χ1n) is 12.4. The van der Waals surface area contributed by atoms with E-state index in [1.54, 1.807) is 4.90 Å². The Morgan fingerprint density at radius 2 is 1.57 bits per heavy atom. The lowest BCUT2D eigenvalue weighted by molar-refractivity contribution is -0.118. The second kappa shape index (κ2) is 11.5. The van der Waals surface area contributed by atoms with E-state index in [1.807, 2.05) is 56.3 Å². The van der Waals surface area contributed by atoms with Crippen molar-refractivity contribution in [1.29, 1.82) is 0 Å². The molecule has 0 atom stereocenters. The number of benzene rings is 2. The molecule has 2 saturated heterocycles. The maximum absolute atomic E-state index is 12.5. The monoisotopic (exact) mass is 477 g/mol. The first-order chi connectivity index (χ1) is 16.9. The SMILES string of the molecule is Cc1cccc(NC(=O)CN2CCN(CCC(=O)Nc3ccc(N4CCCC4=O)cc3)CC2)c1C. The molecule has 4 rings (SSSR count). The van der Waals surface area contributed by atoms with Crippen LogP contribution < -0.4 is 15.5 Å². The summed E-state index contributed by atoms with van der Waals surface area (Å²) in [6.45, 7) is 9.16. The molecule has 0 saturated carbocycles. The molecule has 2 aliphatic heterocycles. The smallest absolute Gasteiger partial charge is 0.238 e. The van der Waals surface area contributed by atoms with Crippen molar-refractivity contribution < 1.29 is 14.4 Å². The van der Waals surface area contributed by atoms with Crippen LogP contribution in [0.3, 0.4) is 0 Å². The topological polar surface area (TPSA) is 85.0 Å². The molecule has 2 N–H and O–H groups in total. The van der Waals surface area contributed by atoms with Crippen LogP contribution in [0.15, 0.2) is 42.5 Å². The second-order valence-electron chi connectivity index (χ2n) is 9.41. The third kappa shape index (κ3) is 6.68. The van der Waals surface area contributed by atoms with Gasteiger partial charge in [-0.2, -0.15) is 0 Å². The van der Waals surface area contributed by atoms with Gasteiger partial charge in [-0.1, -0.05) is 12.1 Å². The lowest BCUT2D eigenvalue weighted by atomic mass is 10.1. The van der Waals surface area contributed by atoms with Gasteiger partial charge in [0.1, 0.15) is 0 Å². The summed E-state index contributed by atoms with van der Waals surface area (Å²) in [5.41, 5.74) is 4.76. The van der Waals surface area contributed by atoms with Crippen molar-refractivity contribution in [2.45, 2.75) is 33.1 Å². The summed E-state index contributed by atoms with van der Waals surface area (Å²) in [5.74, 6) is 0.140. The highest BCUT2D eigenvalue weighted by Gasteiger charge is 2.22. The van der Waals surface area contributed by atoms with Crippen LogP contribution in [-0.2, 0) is 14.4 Å². The summed E-state index contributed by atoms with van der Waals surface area (Å²) in [4.78, 5) is 43.0. The Morgan fingerprint density at radius 3 is 2.26 bits per heavy atom. The molecule has 8 heteroatoms. The van der Waals surface area contributed by atoms with Gasteiger partial charge in [-0.3, -0.25) is 19.3 Å². The molecular weight excluding hydrogens is 442 g/mol.